The van der Waals surface area contributed by atoms with Gasteiger partial charge in [0.25, 0.3) is 5.91 Å². The first kappa shape index (κ1) is 16.1. The number of nitrogens with one attached hydrogen (secondary N) is 3. The summed E-state index contributed by atoms with van der Waals surface area (Å²) in [5.41, 5.74) is 5.54. The molecule has 0 atom stereocenters. The molecule has 1 amide bonds. The second kappa shape index (κ2) is 7.66. The topological polar surface area (TPSA) is 62.4 Å². The zero-order valence-corrected chi connectivity index (χ0v) is 12.6. The Morgan fingerprint density at radius 2 is 1.91 bits per heavy atom. The van der Waals surface area contributed by atoms with Crippen LogP contribution in [0.4, 0.5) is 14.5 Å². The first-order valence-corrected chi connectivity index (χ1v) is 7.29. The molecule has 2 aromatic rings. The number of hydrogen-bond donors (Lipinski definition) is 3. The second-order valence-corrected chi connectivity index (χ2v) is 5.27. The number of halogens is 2. The Kier molecular flexibility index (Phi) is 5.61. The molecule has 1 heterocycles. The second-order valence-electron chi connectivity index (χ2n) is 3.91. The van der Waals surface area contributed by atoms with Crippen LogP contribution in [-0.4, -0.2) is 17.6 Å². The van der Waals surface area contributed by atoms with Gasteiger partial charge in [-0.25, -0.2) is 0 Å². The number of hydrazine groups is 1. The number of alkyl halides is 2. The smallest absolute Gasteiger partial charge is 0.387 e. The van der Waals surface area contributed by atoms with Gasteiger partial charge in [-0.3, -0.25) is 15.6 Å². The number of thiocarbonyl (C=S) groups is 1. The van der Waals surface area contributed by atoms with Gasteiger partial charge in [0.15, 0.2) is 5.11 Å². The van der Waals surface area contributed by atoms with Crippen LogP contribution in [0.15, 0.2) is 41.8 Å². The van der Waals surface area contributed by atoms with E-state index in [2.05, 4.69) is 20.9 Å². The van der Waals surface area contributed by atoms with Crippen LogP contribution in [0.1, 0.15) is 9.67 Å². The average molecular weight is 343 g/mol. The molecule has 1 aromatic heterocycles. The average Bonchev–Trinajstić information content (AvgIpc) is 3.00. The molecule has 0 aliphatic heterocycles. The van der Waals surface area contributed by atoms with Crippen molar-refractivity contribution in [1.29, 1.82) is 0 Å². The molecule has 0 saturated carbocycles. The van der Waals surface area contributed by atoms with Crippen molar-refractivity contribution in [1.82, 2.24) is 10.9 Å². The number of benzene rings is 1. The van der Waals surface area contributed by atoms with Crippen LogP contribution in [0.5, 0.6) is 5.75 Å². The van der Waals surface area contributed by atoms with Gasteiger partial charge in [0, 0.05) is 5.69 Å². The van der Waals surface area contributed by atoms with E-state index in [0.717, 1.165) is 0 Å². The fourth-order valence-corrected chi connectivity index (χ4v) is 2.25. The van der Waals surface area contributed by atoms with Gasteiger partial charge in [-0.1, -0.05) is 6.07 Å². The molecule has 0 spiro atoms. The first-order valence-electron chi connectivity index (χ1n) is 6.00. The highest BCUT2D eigenvalue weighted by Gasteiger charge is 2.07. The molecule has 0 aliphatic carbocycles. The lowest BCUT2D eigenvalue weighted by atomic mass is 10.3. The fraction of sp³-hybridized carbons (Fsp3) is 0.0769. The minimum atomic E-state index is -2.87. The highest BCUT2D eigenvalue weighted by atomic mass is 32.1. The van der Waals surface area contributed by atoms with Gasteiger partial charge in [-0.2, -0.15) is 8.78 Å². The lowest BCUT2D eigenvalue weighted by Crippen LogP contribution is -2.43. The van der Waals surface area contributed by atoms with Gasteiger partial charge < -0.3 is 10.1 Å². The Balaban J connectivity index is 1.80. The normalized spacial score (nSPS) is 10.1. The number of anilines is 1. The van der Waals surface area contributed by atoms with Crippen LogP contribution in [0.2, 0.25) is 0 Å². The largest absolute Gasteiger partial charge is 0.435 e. The summed E-state index contributed by atoms with van der Waals surface area (Å²) in [6.07, 6.45) is 0. The number of amides is 1. The minimum absolute atomic E-state index is 0.0467. The number of thiophene rings is 1. The lowest BCUT2D eigenvalue weighted by molar-refractivity contribution is -0.0498. The van der Waals surface area contributed by atoms with Crippen molar-refractivity contribution in [2.75, 3.05) is 5.32 Å². The van der Waals surface area contributed by atoms with Crippen molar-refractivity contribution >= 4 is 40.3 Å². The van der Waals surface area contributed by atoms with Crippen molar-refractivity contribution in [3.8, 4) is 5.75 Å². The molecular weight excluding hydrogens is 332 g/mol. The van der Waals surface area contributed by atoms with Crippen LogP contribution >= 0.6 is 23.6 Å². The minimum Gasteiger partial charge on any atom is -0.435 e. The number of carbonyl (C=O) groups is 1. The molecule has 0 fully saturated rings. The maximum absolute atomic E-state index is 12.0. The number of ether oxygens (including phenoxy) is 1. The van der Waals surface area contributed by atoms with Crippen LogP contribution in [0.25, 0.3) is 0 Å². The molecule has 0 bridgehead atoms. The standard InChI is InChI=1S/C13H11F2N3O2S2/c14-12(15)20-9-5-3-8(4-6-9)16-13(21)18-17-11(19)10-2-1-7-22-10/h1-7,12H,(H,17,19)(H2,16,18,21). The Morgan fingerprint density at radius 3 is 2.50 bits per heavy atom. The number of carbonyl (C=O) groups excluding carboxylic acids is 1. The summed E-state index contributed by atoms with van der Waals surface area (Å²) in [4.78, 5) is 12.2. The summed E-state index contributed by atoms with van der Waals surface area (Å²) in [5.74, 6) is -0.259. The molecule has 0 aliphatic rings. The summed E-state index contributed by atoms with van der Waals surface area (Å²) >= 11 is 6.30. The van der Waals surface area contributed by atoms with Gasteiger partial charge in [-0.05, 0) is 47.9 Å². The van der Waals surface area contributed by atoms with Crippen molar-refractivity contribution in [3.63, 3.8) is 0 Å². The van der Waals surface area contributed by atoms with Gasteiger partial charge in [0.2, 0.25) is 0 Å². The summed E-state index contributed by atoms with van der Waals surface area (Å²) in [6.45, 7) is -2.87. The third-order valence-corrected chi connectivity index (χ3v) is 3.44. The summed E-state index contributed by atoms with van der Waals surface area (Å²) in [7, 11) is 0. The summed E-state index contributed by atoms with van der Waals surface area (Å²) in [5, 5.41) is 4.73. The van der Waals surface area contributed by atoms with Crippen molar-refractivity contribution < 1.29 is 18.3 Å². The van der Waals surface area contributed by atoms with Gasteiger partial charge >= 0.3 is 6.61 Å². The predicted octanol–water partition coefficient (Wildman–Crippen LogP) is 2.98. The van der Waals surface area contributed by atoms with E-state index < -0.39 is 6.61 Å². The van der Waals surface area contributed by atoms with Crippen molar-refractivity contribution in [3.05, 3.63) is 46.7 Å². The van der Waals surface area contributed by atoms with Crippen LogP contribution in [0, 0.1) is 0 Å². The predicted molar refractivity (Wildman–Crippen MR) is 84.2 cm³/mol. The van der Waals surface area contributed by atoms with E-state index in [0.29, 0.717) is 10.6 Å². The molecular formula is C13H11F2N3O2S2. The Labute approximate surface area is 134 Å². The zero-order chi connectivity index (χ0) is 15.9. The molecule has 5 nitrogen and oxygen atoms in total. The van der Waals surface area contributed by atoms with E-state index in [1.807, 2.05) is 0 Å². The van der Waals surface area contributed by atoms with E-state index in [9.17, 15) is 13.6 Å². The third kappa shape index (κ3) is 4.93. The van der Waals surface area contributed by atoms with Crippen LogP contribution in [0.3, 0.4) is 0 Å². The van der Waals surface area contributed by atoms with Crippen LogP contribution < -0.4 is 20.9 Å². The maximum atomic E-state index is 12.0. The quantitative estimate of drug-likeness (QED) is 0.588. The fourth-order valence-electron chi connectivity index (χ4n) is 1.46. The third-order valence-electron chi connectivity index (χ3n) is 2.37. The molecule has 0 radical (unpaired) electrons. The Morgan fingerprint density at radius 1 is 1.18 bits per heavy atom. The van der Waals surface area contributed by atoms with Crippen LogP contribution in [-0.2, 0) is 0 Å². The van der Waals surface area contributed by atoms with Crippen molar-refractivity contribution in [2.24, 2.45) is 0 Å². The SMILES string of the molecule is O=C(NNC(=S)Nc1ccc(OC(F)F)cc1)c1cccs1. The lowest BCUT2D eigenvalue weighted by Gasteiger charge is -2.11. The highest BCUT2D eigenvalue weighted by Crippen LogP contribution is 2.17. The molecule has 2 rings (SSSR count). The summed E-state index contributed by atoms with van der Waals surface area (Å²) < 4.78 is 28.3. The van der Waals surface area contributed by atoms with E-state index in [1.54, 1.807) is 17.5 Å². The molecule has 22 heavy (non-hydrogen) atoms. The highest BCUT2D eigenvalue weighted by molar-refractivity contribution is 7.80. The number of hydrogen-bond acceptors (Lipinski definition) is 4. The first-order chi connectivity index (χ1) is 10.5. The Bertz CT molecular complexity index is 633. The molecule has 1 aromatic carbocycles. The van der Waals surface area contributed by atoms with Gasteiger partial charge in [0.05, 0.1) is 4.88 Å². The number of rotatable bonds is 4. The monoisotopic (exact) mass is 343 g/mol. The zero-order valence-electron chi connectivity index (χ0n) is 11.0. The van der Waals surface area contributed by atoms with Crippen molar-refractivity contribution in [2.45, 2.75) is 6.61 Å². The molecule has 0 saturated heterocycles. The van der Waals surface area contributed by atoms with E-state index >= 15 is 0 Å². The molecule has 0 unspecified atom stereocenters. The molecule has 3 N–H and O–H groups in total. The molecule has 9 heteroatoms. The summed E-state index contributed by atoms with van der Waals surface area (Å²) in [6, 6.07) is 9.24. The maximum Gasteiger partial charge on any atom is 0.387 e. The van der Waals surface area contributed by atoms with E-state index in [4.69, 9.17) is 12.2 Å². The van der Waals surface area contributed by atoms with Gasteiger partial charge in [0.1, 0.15) is 5.75 Å². The van der Waals surface area contributed by atoms with Gasteiger partial charge in [-0.15, -0.1) is 11.3 Å². The van der Waals surface area contributed by atoms with E-state index in [-0.39, 0.29) is 16.8 Å². The molecule has 116 valence electrons. The van der Waals surface area contributed by atoms with E-state index in [1.165, 1.54) is 35.6 Å². The Hall–Kier alpha value is -2.26.